The average Bonchev–Trinajstić information content (AvgIpc) is 1.78. The monoisotopic (exact) mass is 1780 g/mol. The van der Waals surface area contributed by atoms with E-state index in [-0.39, 0.29) is 84.2 Å². The van der Waals surface area contributed by atoms with Crippen LogP contribution in [0.1, 0.15) is 267 Å². The van der Waals surface area contributed by atoms with E-state index in [1.807, 2.05) is 0 Å². The number of anilines is 1. The Morgan fingerprint density at radius 2 is 0.764 bits per heavy atom. The van der Waals surface area contributed by atoms with E-state index in [9.17, 15) is 33.9 Å². The van der Waals surface area contributed by atoms with Crippen LogP contribution in [0.5, 0.6) is 0 Å². The zero-order valence-electron chi connectivity index (χ0n) is 76.0. The average molecular weight is 1790 g/mol. The molecule has 2 aromatic carbocycles. The zero-order chi connectivity index (χ0) is 88.5. The number of benzene rings is 2. The summed E-state index contributed by atoms with van der Waals surface area (Å²) < 4.78 is 79.5. The highest BCUT2D eigenvalue weighted by Gasteiger charge is 2.42. The molecule has 5 amide bonds. The Morgan fingerprint density at radius 3 is 1.17 bits per heavy atom. The first-order chi connectivity index (χ1) is 60.3. The fourth-order valence-corrected chi connectivity index (χ4v) is 14.8. The molecule has 0 radical (unpaired) electrons. The Bertz CT molecular complexity index is 2840. The molecule has 6 N–H and O–H groups in total. The number of ether oxygens (including phenoxy) is 14. The predicted octanol–water partition coefficient (Wildman–Crippen LogP) is 15.7. The van der Waals surface area contributed by atoms with Gasteiger partial charge in [-0.15, -0.1) is 0 Å². The summed E-state index contributed by atoms with van der Waals surface area (Å²) in [4.78, 5) is 78.8. The number of carbonyl (C=O) groups excluding carboxylic acids is 5. The number of rotatable bonds is 91. The maximum Gasteiger partial charge on any atom is 0.326 e. The van der Waals surface area contributed by atoms with Crippen LogP contribution >= 0.6 is 23.2 Å². The Balaban J connectivity index is 1.01. The van der Waals surface area contributed by atoms with Crippen LogP contribution in [0.4, 0.5) is 5.69 Å². The number of amides is 5. The number of carbonyl (C=O) groups is 6. The third-order valence-corrected chi connectivity index (χ3v) is 22.1. The highest BCUT2D eigenvalue weighted by Crippen LogP contribution is 2.41. The highest BCUT2D eigenvalue weighted by atomic mass is 35.5. The van der Waals surface area contributed by atoms with Crippen molar-refractivity contribution in [3.63, 3.8) is 0 Å². The number of hydrogen-bond donors (Lipinski definition) is 6. The van der Waals surface area contributed by atoms with Crippen molar-refractivity contribution in [2.75, 3.05) is 223 Å². The first-order valence-corrected chi connectivity index (χ1v) is 48.0. The summed E-state index contributed by atoms with van der Waals surface area (Å²) in [5.41, 5.74) is 0.455. The molecule has 0 heterocycles. The molecular weight excluding hydrogens is 1620 g/mol. The van der Waals surface area contributed by atoms with Crippen molar-refractivity contribution in [3.05, 3.63) is 63.6 Å². The topological polar surface area (TPSA) is 315 Å². The van der Waals surface area contributed by atoms with E-state index < -0.39 is 23.3 Å². The second-order valence-corrected chi connectivity index (χ2v) is 32.9. The third-order valence-electron chi connectivity index (χ3n) is 21.5. The molecule has 710 valence electrons. The van der Waals surface area contributed by atoms with E-state index in [1.54, 1.807) is 42.5 Å². The lowest BCUT2D eigenvalue weighted by Crippen LogP contribution is -2.49. The number of halogens is 2. The molecule has 0 spiro atoms. The highest BCUT2D eigenvalue weighted by molar-refractivity contribution is 6.40. The molecule has 0 bridgehead atoms. The molecule has 0 aliphatic heterocycles. The number of carboxylic acid groups (broad SMARTS) is 1. The first-order valence-electron chi connectivity index (χ1n) is 47.3. The molecule has 3 rings (SSSR count). The summed E-state index contributed by atoms with van der Waals surface area (Å²) in [6.45, 7) is 19.3. The first kappa shape index (κ1) is 112. The molecule has 29 heteroatoms. The predicted molar refractivity (Wildman–Crippen MR) is 486 cm³/mol. The SMILES string of the molecule is CCCCCCCCCCCCCCCCOC[C@H](CN(C)CCCNC(=O)CCC(=O)NCCOCCOCCOCCOCCOCCOCCOCCOCCOCCOCCOCCOCCC(=O)NCCC1(C(=O)NC(Cc2ccc(NC(=O)c3c(Cl)cccc3Cl)cc2)C(=O)O)CCCC1)OCCCCCCCCCCCCCCCC. The van der Waals surface area contributed by atoms with Gasteiger partial charge in [-0.1, -0.05) is 235 Å². The van der Waals surface area contributed by atoms with Crippen molar-refractivity contribution in [2.24, 2.45) is 5.41 Å². The summed E-state index contributed by atoms with van der Waals surface area (Å²) >= 11 is 12.4. The number of nitrogens with zero attached hydrogens (tertiary/aromatic N) is 1. The second kappa shape index (κ2) is 81.7. The fraction of sp³-hybridized carbons (Fsp3) is 0.809. The van der Waals surface area contributed by atoms with Crippen LogP contribution in [0.25, 0.3) is 0 Å². The Kier molecular flexibility index (Phi) is 74.7. The van der Waals surface area contributed by atoms with E-state index in [4.69, 9.17) is 89.5 Å². The molecule has 1 fully saturated rings. The molecule has 0 saturated heterocycles. The lowest BCUT2D eigenvalue weighted by molar-refractivity contribution is -0.144. The Labute approximate surface area is 749 Å². The standard InChI is InChI=1S/C94H164Cl2N6O21/c1-4-6-8-10-12-14-16-18-20-22-24-26-28-32-52-122-80-83(123-53-33-29-27-25-23-21-19-17-15-13-11-9-7-5-2)79-102(3)51-35-48-97-87(103)42-43-88(104)99-50-55-111-57-59-113-61-63-115-65-67-117-69-71-119-73-75-121-77-76-120-74-72-118-70-68-116-66-64-114-62-60-112-58-56-110-54-44-89(105)98-49-47-94(45-30-31-46-94)93(109)101-86(92(107)108)78-81-38-40-82(41-39-81)100-91(106)90-84(95)36-34-37-85(90)96/h34,36-41,83,86H,4-33,35,42-80H2,1-3H3,(H,97,103)(H,98,105)(H,99,104)(H,100,106)(H,101,109)(H,107,108)/t83-,86?/m0/s1. The normalized spacial score (nSPS) is 13.1. The van der Waals surface area contributed by atoms with Gasteiger partial charge in [0, 0.05) is 70.8 Å². The summed E-state index contributed by atoms with van der Waals surface area (Å²) in [6.07, 6.45) is 42.1. The fourth-order valence-electron chi connectivity index (χ4n) is 14.2. The maximum atomic E-state index is 13.7. The van der Waals surface area contributed by atoms with E-state index in [0.29, 0.717) is 202 Å². The Morgan fingerprint density at radius 1 is 0.407 bits per heavy atom. The van der Waals surface area contributed by atoms with Gasteiger partial charge in [-0.2, -0.15) is 0 Å². The molecule has 1 unspecified atom stereocenters. The van der Waals surface area contributed by atoms with Gasteiger partial charge in [0.1, 0.15) is 6.04 Å². The minimum Gasteiger partial charge on any atom is -0.480 e. The van der Waals surface area contributed by atoms with Gasteiger partial charge in [-0.3, -0.25) is 24.0 Å². The maximum absolute atomic E-state index is 13.7. The molecule has 0 aromatic heterocycles. The van der Waals surface area contributed by atoms with Gasteiger partial charge in [0.05, 0.1) is 192 Å². The summed E-state index contributed by atoms with van der Waals surface area (Å²) in [6, 6.07) is 10.2. The van der Waals surface area contributed by atoms with Gasteiger partial charge in [-0.25, -0.2) is 4.79 Å². The van der Waals surface area contributed by atoms with Crippen molar-refractivity contribution >= 4 is 64.4 Å². The molecule has 1 aliphatic rings. The second-order valence-electron chi connectivity index (χ2n) is 32.1. The molecule has 123 heavy (non-hydrogen) atoms. The number of likely N-dealkylation sites (N-methyl/N-ethyl adjacent to an activating group) is 1. The zero-order valence-corrected chi connectivity index (χ0v) is 77.5. The van der Waals surface area contributed by atoms with Crippen LogP contribution < -0.4 is 26.6 Å². The van der Waals surface area contributed by atoms with Gasteiger partial charge < -0.3 is 103 Å². The number of aliphatic carboxylic acids is 1. The minimum absolute atomic E-state index is 0.0204. The van der Waals surface area contributed by atoms with Gasteiger partial charge >= 0.3 is 5.97 Å². The lowest BCUT2D eigenvalue weighted by atomic mass is 9.81. The molecule has 27 nitrogen and oxygen atoms in total. The molecule has 1 aliphatic carbocycles. The molecule has 2 atom stereocenters. The smallest absolute Gasteiger partial charge is 0.326 e. The van der Waals surface area contributed by atoms with Crippen molar-refractivity contribution < 1.29 is 100 Å². The van der Waals surface area contributed by atoms with Crippen molar-refractivity contribution in [3.8, 4) is 0 Å². The lowest BCUT2D eigenvalue weighted by Gasteiger charge is -2.29. The van der Waals surface area contributed by atoms with E-state index >= 15 is 0 Å². The Hall–Kier alpha value is -4.76. The quantitative estimate of drug-likeness (QED) is 0.0335. The number of carboxylic acids is 1. The van der Waals surface area contributed by atoms with E-state index in [1.165, 1.54) is 167 Å². The van der Waals surface area contributed by atoms with Crippen molar-refractivity contribution in [2.45, 2.75) is 270 Å². The molecule has 2 aromatic rings. The van der Waals surface area contributed by atoms with Crippen LogP contribution in [0.15, 0.2) is 42.5 Å². The van der Waals surface area contributed by atoms with Crippen LogP contribution in [-0.2, 0) is 96.7 Å². The number of unbranched alkanes of at least 4 members (excludes halogenated alkanes) is 26. The minimum atomic E-state index is -1.18. The summed E-state index contributed by atoms with van der Waals surface area (Å²) in [7, 11) is 2.12. The van der Waals surface area contributed by atoms with Crippen LogP contribution in [0, 0.1) is 5.41 Å². The van der Waals surface area contributed by atoms with E-state index in [2.05, 4.69) is 52.4 Å². The van der Waals surface area contributed by atoms with Gasteiger partial charge in [0.15, 0.2) is 0 Å². The number of nitrogens with one attached hydrogen (secondary N) is 5. The van der Waals surface area contributed by atoms with Gasteiger partial charge in [-0.05, 0) is 81.9 Å². The third kappa shape index (κ3) is 65.4. The van der Waals surface area contributed by atoms with Crippen LogP contribution in [-0.4, -0.2) is 276 Å². The molecular formula is C94H164Cl2N6O21. The van der Waals surface area contributed by atoms with Crippen LogP contribution in [0.3, 0.4) is 0 Å². The van der Waals surface area contributed by atoms with Gasteiger partial charge in [0.2, 0.25) is 23.6 Å². The van der Waals surface area contributed by atoms with Crippen molar-refractivity contribution in [1.82, 2.24) is 26.2 Å². The summed E-state index contributed by atoms with van der Waals surface area (Å²) in [5, 5.41) is 24.7. The van der Waals surface area contributed by atoms with E-state index in [0.717, 1.165) is 58.4 Å². The molecule has 1 saturated carbocycles. The largest absolute Gasteiger partial charge is 0.480 e. The van der Waals surface area contributed by atoms with Gasteiger partial charge in [0.25, 0.3) is 5.91 Å². The number of hydrogen-bond acceptors (Lipinski definition) is 21. The van der Waals surface area contributed by atoms with Crippen LogP contribution in [0.2, 0.25) is 10.0 Å². The summed E-state index contributed by atoms with van der Waals surface area (Å²) in [5.74, 6) is -2.51. The van der Waals surface area contributed by atoms with Crippen molar-refractivity contribution in [1.29, 1.82) is 0 Å².